The predicted octanol–water partition coefficient (Wildman–Crippen LogP) is 0.370. The van der Waals surface area contributed by atoms with Crippen LogP contribution in [0.5, 0.6) is 0 Å². The number of anilines is 1. The van der Waals surface area contributed by atoms with Crippen LogP contribution in [0.1, 0.15) is 17.3 Å². The zero-order valence-electron chi connectivity index (χ0n) is 11.4. The van der Waals surface area contributed by atoms with Gasteiger partial charge in [-0.3, -0.25) is 0 Å². The highest BCUT2D eigenvalue weighted by molar-refractivity contribution is 7.89. The summed E-state index contributed by atoms with van der Waals surface area (Å²) in [6.45, 7) is 2.67. The summed E-state index contributed by atoms with van der Waals surface area (Å²) >= 11 is 0. The maximum Gasteiger partial charge on any atom is 0.339 e. The summed E-state index contributed by atoms with van der Waals surface area (Å²) in [6, 6.07) is 3.94. The van der Waals surface area contributed by atoms with Gasteiger partial charge in [0.05, 0.1) is 24.2 Å². The van der Waals surface area contributed by atoms with Crippen LogP contribution >= 0.6 is 0 Å². The van der Waals surface area contributed by atoms with Crippen molar-refractivity contribution in [3.63, 3.8) is 0 Å². The van der Waals surface area contributed by atoms with E-state index in [0.717, 1.165) is 0 Å². The zero-order valence-corrected chi connectivity index (χ0v) is 12.2. The van der Waals surface area contributed by atoms with Gasteiger partial charge in [0.25, 0.3) is 0 Å². The summed E-state index contributed by atoms with van der Waals surface area (Å²) in [5.41, 5.74) is 5.74. The fourth-order valence-electron chi connectivity index (χ4n) is 1.52. The maximum absolute atomic E-state index is 12.1. The highest BCUT2D eigenvalue weighted by atomic mass is 32.2. The molecule has 0 bridgehead atoms. The van der Waals surface area contributed by atoms with Crippen molar-refractivity contribution in [2.45, 2.75) is 11.8 Å². The van der Waals surface area contributed by atoms with E-state index in [-0.39, 0.29) is 29.3 Å². The number of nitrogen functional groups attached to an aromatic ring is 1. The van der Waals surface area contributed by atoms with Crippen LogP contribution < -0.4 is 10.5 Å². The van der Waals surface area contributed by atoms with E-state index in [2.05, 4.69) is 9.46 Å². The first-order chi connectivity index (χ1) is 9.42. The molecule has 0 aliphatic heterocycles. The molecule has 7 nitrogen and oxygen atoms in total. The molecule has 1 aromatic carbocycles. The van der Waals surface area contributed by atoms with Gasteiger partial charge in [-0.25, -0.2) is 17.9 Å². The van der Waals surface area contributed by atoms with Gasteiger partial charge in [0.2, 0.25) is 10.0 Å². The van der Waals surface area contributed by atoms with Crippen LogP contribution in [0.2, 0.25) is 0 Å². The Balaban J connectivity index is 3.02. The van der Waals surface area contributed by atoms with Gasteiger partial charge in [-0.15, -0.1) is 0 Å². The molecule has 3 N–H and O–H groups in total. The van der Waals surface area contributed by atoms with Crippen molar-refractivity contribution in [1.29, 1.82) is 0 Å². The third-order valence-corrected chi connectivity index (χ3v) is 3.96. The second-order valence-corrected chi connectivity index (χ2v) is 5.58. The molecule has 0 amide bonds. The molecule has 8 heteroatoms. The fourth-order valence-corrected chi connectivity index (χ4v) is 2.71. The van der Waals surface area contributed by atoms with E-state index in [1.807, 2.05) is 6.92 Å². The molecule has 0 saturated carbocycles. The van der Waals surface area contributed by atoms with E-state index in [1.54, 1.807) is 0 Å². The molecule has 0 aromatic heterocycles. The van der Waals surface area contributed by atoms with Gasteiger partial charge in [-0.1, -0.05) is 0 Å². The normalized spacial score (nSPS) is 11.3. The third-order valence-electron chi connectivity index (χ3n) is 2.44. The largest absolute Gasteiger partial charge is 0.465 e. The van der Waals surface area contributed by atoms with Crippen molar-refractivity contribution in [3.05, 3.63) is 23.8 Å². The maximum atomic E-state index is 12.1. The SMILES string of the molecule is CCOCCNS(=O)(=O)c1ccc(N)cc1C(=O)OC. The number of methoxy groups -OCH3 is 1. The van der Waals surface area contributed by atoms with Gasteiger partial charge in [-0.2, -0.15) is 0 Å². The first-order valence-electron chi connectivity index (χ1n) is 5.97. The molecule has 0 saturated heterocycles. The van der Waals surface area contributed by atoms with Gasteiger partial charge in [0.1, 0.15) is 0 Å². The molecule has 0 spiro atoms. The Kier molecular flexibility index (Phi) is 5.93. The number of carbonyl (C=O) groups is 1. The average Bonchev–Trinajstić information content (AvgIpc) is 2.42. The number of ether oxygens (including phenoxy) is 2. The van der Waals surface area contributed by atoms with E-state index in [1.165, 1.54) is 25.3 Å². The van der Waals surface area contributed by atoms with Crippen LogP contribution in [0, 0.1) is 0 Å². The second kappa shape index (κ2) is 7.22. The summed E-state index contributed by atoms with van der Waals surface area (Å²) in [6.07, 6.45) is 0. The van der Waals surface area contributed by atoms with Crippen molar-refractivity contribution < 1.29 is 22.7 Å². The van der Waals surface area contributed by atoms with Crippen LogP contribution in [0.3, 0.4) is 0 Å². The molecule has 0 unspecified atom stereocenters. The Morgan fingerprint density at radius 3 is 2.70 bits per heavy atom. The van der Waals surface area contributed by atoms with Crippen molar-refractivity contribution in [3.8, 4) is 0 Å². The minimum absolute atomic E-state index is 0.101. The van der Waals surface area contributed by atoms with Crippen LogP contribution in [0.4, 0.5) is 5.69 Å². The number of carbonyl (C=O) groups excluding carboxylic acids is 1. The van der Waals surface area contributed by atoms with E-state index in [4.69, 9.17) is 10.5 Å². The zero-order chi connectivity index (χ0) is 15.2. The molecule has 0 fully saturated rings. The highest BCUT2D eigenvalue weighted by Gasteiger charge is 2.22. The lowest BCUT2D eigenvalue weighted by molar-refractivity contribution is 0.0596. The van der Waals surface area contributed by atoms with Gasteiger partial charge >= 0.3 is 5.97 Å². The van der Waals surface area contributed by atoms with Crippen molar-refractivity contribution >= 4 is 21.7 Å². The van der Waals surface area contributed by atoms with E-state index >= 15 is 0 Å². The van der Waals surface area contributed by atoms with Gasteiger partial charge in [0, 0.05) is 18.8 Å². The molecule has 0 atom stereocenters. The van der Waals surface area contributed by atoms with Crippen molar-refractivity contribution in [2.75, 3.05) is 32.6 Å². The molecule has 20 heavy (non-hydrogen) atoms. The highest BCUT2D eigenvalue weighted by Crippen LogP contribution is 2.19. The summed E-state index contributed by atoms with van der Waals surface area (Å²) in [5, 5.41) is 0. The van der Waals surface area contributed by atoms with E-state index in [9.17, 15) is 13.2 Å². The number of hydrogen-bond donors (Lipinski definition) is 2. The number of sulfonamides is 1. The lowest BCUT2D eigenvalue weighted by Gasteiger charge is -2.11. The third kappa shape index (κ3) is 4.19. The van der Waals surface area contributed by atoms with Crippen LogP contribution in [-0.2, 0) is 19.5 Å². The van der Waals surface area contributed by atoms with Gasteiger partial charge in [-0.05, 0) is 25.1 Å². The molecular weight excluding hydrogens is 284 g/mol. The Labute approximate surface area is 118 Å². The second-order valence-electron chi connectivity index (χ2n) is 3.84. The molecule has 0 radical (unpaired) electrons. The quantitative estimate of drug-likeness (QED) is 0.428. The Bertz CT molecular complexity index is 571. The Hall–Kier alpha value is -1.64. The molecule has 0 aliphatic carbocycles. The average molecular weight is 302 g/mol. The van der Waals surface area contributed by atoms with Crippen LogP contribution in [0.15, 0.2) is 23.1 Å². The number of nitrogens with one attached hydrogen (secondary N) is 1. The summed E-state index contributed by atoms with van der Waals surface area (Å²) in [5.74, 6) is -0.762. The minimum Gasteiger partial charge on any atom is -0.465 e. The lowest BCUT2D eigenvalue weighted by atomic mass is 10.2. The molecule has 1 aromatic rings. The number of esters is 1. The summed E-state index contributed by atoms with van der Waals surface area (Å²) in [7, 11) is -2.66. The Morgan fingerprint density at radius 1 is 1.40 bits per heavy atom. The lowest BCUT2D eigenvalue weighted by Crippen LogP contribution is -2.29. The molecule has 0 heterocycles. The molecule has 0 aliphatic rings. The summed E-state index contributed by atoms with van der Waals surface area (Å²) in [4.78, 5) is 11.4. The first kappa shape index (κ1) is 16.4. The number of nitrogens with two attached hydrogens (primary N) is 1. The van der Waals surface area contributed by atoms with Gasteiger partial charge < -0.3 is 15.2 Å². The number of rotatable bonds is 7. The molecule has 112 valence electrons. The van der Waals surface area contributed by atoms with Crippen LogP contribution in [0.25, 0.3) is 0 Å². The number of benzene rings is 1. The summed E-state index contributed by atoms with van der Waals surface area (Å²) < 4.78 is 36.2. The van der Waals surface area contributed by atoms with Crippen LogP contribution in [-0.4, -0.2) is 41.3 Å². The molecule has 1 rings (SSSR count). The smallest absolute Gasteiger partial charge is 0.339 e. The minimum atomic E-state index is -3.83. The van der Waals surface area contributed by atoms with E-state index < -0.39 is 16.0 Å². The first-order valence-corrected chi connectivity index (χ1v) is 7.46. The van der Waals surface area contributed by atoms with E-state index in [0.29, 0.717) is 6.61 Å². The number of hydrogen-bond acceptors (Lipinski definition) is 6. The van der Waals surface area contributed by atoms with Gasteiger partial charge in [0.15, 0.2) is 0 Å². The Morgan fingerprint density at radius 2 is 2.10 bits per heavy atom. The predicted molar refractivity (Wildman–Crippen MR) is 73.9 cm³/mol. The molecular formula is C12H18N2O5S. The fraction of sp³-hybridized carbons (Fsp3) is 0.417. The topological polar surface area (TPSA) is 108 Å². The van der Waals surface area contributed by atoms with Crippen molar-refractivity contribution in [2.24, 2.45) is 0 Å². The monoisotopic (exact) mass is 302 g/mol. The standard InChI is InChI=1S/C12H18N2O5S/c1-3-19-7-6-14-20(16,17)11-5-4-9(13)8-10(11)12(15)18-2/h4-5,8,14H,3,6-7,13H2,1-2H3. The van der Waals surface area contributed by atoms with Crippen molar-refractivity contribution in [1.82, 2.24) is 4.72 Å².